The molecule has 17 heavy (non-hydrogen) atoms. The van der Waals surface area contributed by atoms with Gasteiger partial charge in [-0.2, -0.15) is 0 Å². The second-order valence-corrected chi connectivity index (χ2v) is 6.78. The third-order valence-corrected chi connectivity index (χ3v) is 5.61. The summed E-state index contributed by atoms with van der Waals surface area (Å²) in [6.45, 7) is 9.44. The van der Waals surface area contributed by atoms with E-state index < -0.39 is 0 Å². The molecule has 2 saturated carbocycles. The second kappa shape index (κ2) is 3.37. The van der Waals surface area contributed by atoms with Crippen LogP contribution in [0, 0.1) is 22.7 Å². The van der Waals surface area contributed by atoms with E-state index in [9.17, 15) is 4.79 Å². The lowest BCUT2D eigenvalue weighted by Gasteiger charge is -2.54. The van der Waals surface area contributed by atoms with Crippen molar-refractivity contribution >= 4 is 5.97 Å². The number of carbonyl (C=O) groups excluding carboxylic acids is 1. The summed E-state index contributed by atoms with van der Waals surface area (Å²) < 4.78 is 5.42. The Bertz CT molecular complexity index is 382. The van der Waals surface area contributed by atoms with Crippen molar-refractivity contribution in [3.05, 3.63) is 12.2 Å². The van der Waals surface area contributed by atoms with Crippen LogP contribution in [0.2, 0.25) is 0 Å². The molecule has 2 nitrogen and oxygen atoms in total. The van der Waals surface area contributed by atoms with Crippen LogP contribution >= 0.6 is 0 Å². The van der Waals surface area contributed by atoms with E-state index in [0.717, 1.165) is 25.7 Å². The maximum absolute atomic E-state index is 12.3. The summed E-state index contributed by atoms with van der Waals surface area (Å²) in [6.07, 6.45) is 5.62. The third-order valence-electron chi connectivity index (χ3n) is 5.61. The molecule has 1 heterocycles. The highest BCUT2D eigenvalue weighted by molar-refractivity contribution is 5.81. The summed E-state index contributed by atoms with van der Waals surface area (Å²) in [5.41, 5.74) is 1.32. The van der Waals surface area contributed by atoms with Gasteiger partial charge in [0.05, 0.1) is 12.0 Å². The predicted octanol–water partition coefficient (Wildman–Crippen LogP) is 3.32. The molecule has 1 aliphatic heterocycles. The van der Waals surface area contributed by atoms with Gasteiger partial charge >= 0.3 is 5.97 Å². The Labute approximate surface area is 103 Å². The van der Waals surface area contributed by atoms with E-state index in [4.69, 9.17) is 4.74 Å². The van der Waals surface area contributed by atoms with Gasteiger partial charge in [0, 0.05) is 5.92 Å². The van der Waals surface area contributed by atoms with Crippen LogP contribution in [0.3, 0.4) is 0 Å². The molecule has 3 fully saturated rings. The van der Waals surface area contributed by atoms with Crippen LogP contribution in [-0.4, -0.2) is 12.6 Å². The Balaban J connectivity index is 2.09. The van der Waals surface area contributed by atoms with Crippen molar-refractivity contribution in [2.24, 2.45) is 22.7 Å². The fourth-order valence-electron chi connectivity index (χ4n) is 4.76. The first kappa shape index (κ1) is 11.3. The lowest BCUT2D eigenvalue weighted by Crippen LogP contribution is -2.52. The van der Waals surface area contributed by atoms with E-state index >= 15 is 0 Å². The Morgan fingerprint density at radius 1 is 1.35 bits per heavy atom. The molecule has 2 heteroatoms. The molecule has 94 valence electrons. The van der Waals surface area contributed by atoms with Crippen molar-refractivity contribution in [2.45, 2.75) is 46.0 Å². The van der Waals surface area contributed by atoms with Crippen LogP contribution < -0.4 is 0 Å². The van der Waals surface area contributed by atoms with E-state index in [-0.39, 0.29) is 16.8 Å². The van der Waals surface area contributed by atoms with Crippen molar-refractivity contribution in [2.75, 3.05) is 6.61 Å². The average Bonchev–Trinajstić information content (AvgIpc) is 2.57. The molecular weight excluding hydrogens is 212 g/mol. The number of ether oxygens (including phenoxy) is 1. The van der Waals surface area contributed by atoms with Gasteiger partial charge in [0.25, 0.3) is 0 Å². The monoisotopic (exact) mass is 234 g/mol. The van der Waals surface area contributed by atoms with E-state index in [1.807, 2.05) is 0 Å². The molecular formula is C15H22O2. The number of esters is 1. The minimum Gasteiger partial charge on any atom is -0.465 e. The molecule has 0 bridgehead atoms. The van der Waals surface area contributed by atoms with E-state index in [1.165, 1.54) is 12.0 Å². The number of hydrogen-bond donors (Lipinski definition) is 0. The molecule has 2 aliphatic carbocycles. The zero-order chi connectivity index (χ0) is 12.3. The van der Waals surface area contributed by atoms with Gasteiger partial charge < -0.3 is 4.74 Å². The molecule has 3 atom stereocenters. The molecule has 1 spiro atoms. The molecule has 0 aromatic rings. The molecule has 3 aliphatic rings. The molecule has 0 unspecified atom stereocenters. The first-order valence-corrected chi connectivity index (χ1v) is 6.83. The van der Waals surface area contributed by atoms with Gasteiger partial charge in [-0.1, -0.05) is 32.4 Å². The molecule has 0 aromatic carbocycles. The smallest absolute Gasteiger partial charge is 0.313 e. The SMILES string of the molecule is C=C1CC[C@@H]2C(C)(C)CCC[C@@]23C(=O)OC[C@@H]13. The van der Waals surface area contributed by atoms with Gasteiger partial charge in [-0.15, -0.1) is 0 Å². The largest absolute Gasteiger partial charge is 0.465 e. The van der Waals surface area contributed by atoms with Gasteiger partial charge in [0.2, 0.25) is 0 Å². The Morgan fingerprint density at radius 2 is 2.12 bits per heavy atom. The van der Waals surface area contributed by atoms with Crippen molar-refractivity contribution in [3.63, 3.8) is 0 Å². The summed E-state index contributed by atoms with van der Waals surface area (Å²) in [6, 6.07) is 0. The highest BCUT2D eigenvalue weighted by atomic mass is 16.5. The van der Waals surface area contributed by atoms with Gasteiger partial charge in [-0.05, 0) is 37.0 Å². The second-order valence-electron chi connectivity index (χ2n) is 6.78. The summed E-state index contributed by atoms with van der Waals surface area (Å²) >= 11 is 0. The van der Waals surface area contributed by atoms with Gasteiger partial charge in [-0.3, -0.25) is 4.79 Å². The minimum atomic E-state index is -0.211. The highest BCUT2D eigenvalue weighted by Crippen LogP contribution is 2.63. The quantitative estimate of drug-likeness (QED) is 0.475. The zero-order valence-corrected chi connectivity index (χ0v) is 10.9. The molecule has 0 N–H and O–H groups in total. The summed E-state index contributed by atoms with van der Waals surface area (Å²) in [5, 5.41) is 0. The van der Waals surface area contributed by atoms with E-state index in [1.54, 1.807) is 0 Å². The van der Waals surface area contributed by atoms with Crippen LogP contribution in [-0.2, 0) is 9.53 Å². The first-order valence-electron chi connectivity index (χ1n) is 6.83. The van der Waals surface area contributed by atoms with Crippen LogP contribution in [0.15, 0.2) is 12.2 Å². The summed E-state index contributed by atoms with van der Waals surface area (Å²) in [7, 11) is 0. The van der Waals surface area contributed by atoms with Crippen LogP contribution in [0.5, 0.6) is 0 Å². The predicted molar refractivity (Wildman–Crippen MR) is 66.4 cm³/mol. The topological polar surface area (TPSA) is 26.3 Å². The minimum absolute atomic E-state index is 0.0705. The van der Waals surface area contributed by atoms with Crippen molar-refractivity contribution < 1.29 is 9.53 Å². The van der Waals surface area contributed by atoms with Crippen LogP contribution in [0.25, 0.3) is 0 Å². The molecule has 0 radical (unpaired) electrons. The summed E-state index contributed by atoms with van der Waals surface area (Å²) in [5.74, 6) is 0.865. The van der Waals surface area contributed by atoms with Crippen molar-refractivity contribution in [1.29, 1.82) is 0 Å². The highest BCUT2D eigenvalue weighted by Gasteiger charge is 2.63. The molecule has 0 amide bonds. The number of carbonyl (C=O) groups is 1. The lowest BCUT2D eigenvalue weighted by molar-refractivity contribution is -0.157. The van der Waals surface area contributed by atoms with E-state index in [2.05, 4.69) is 20.4 Å². The van der Waals surface area contributed by atoms with Crippen LogP contribution in [0.1, 0.15) is 46.0 Å². The zero-order valence-electron chi connectivity index (χ0n) is 10.9. The van der Waals surface area contributed by atoms with Gasteiger partial charge in [0.15, 0.2) is 0 Å². The number of hydrogen-bond acceptors (Lipinski definition) is 2. The van der Waals surface area contributed by atoms with Crippen molar-refractivity contribution in [3.8, 4) is 0 Å². The summed E-state index contributed by atoms with van der Waals surface area (Å²) in [4.78, 5) is 12.3. The number of cyclic esters (lactones) is 1. The Kier molecular flexibility index (Phi) is 2.24. The fraction of sp³-hybridized carbons (Fsp3) is 0.800. The third kappa shape index (κ3) is 1.30. The van der Waals surface area contributed by atoms with Crippen molar-refractivity contribution in [1.82, 2.24) is 0 Å². The lowest BCUT2D eigenvalue weighted by atomic mass is 9.48. The normalized spacial score (nSPS) is 43.9. The number of rotatable bonds is 0. The Hall–Kier alpha value is -0.790. The van der Waals surface area contributed by atoms with Gasteiger partial charge in [-0.25, -0.2) is 0 Å². The first-order chi connectivity index (χ1) is 7.98. The van der Waals surface area contributed by atoms with Gasteiger partial charge in [0.1, 0.15) is 0 Å². The Morgan fingerprint density at radius 3 is 2.88 bits per heavy atom. The molecule has 3 rings (SSSR count). The molecule has 0 aromatic heterocycles. The average molecular weight is 234 g/mol. The fourth-order valence-corrected chi connectivity index (χ4v) is 4.76. The van der Waals surface area contributed by atoms with E-state index in [0.29, 0.717) is 18.4 Å². The van der Waals surface area contributed by atoms with Crippen LogP contribution in [0.4, 0.5) is 0 Å². The molecule has 1 saturated heterocycles. The maximum atomic E-state index is 12.3. The standard InChI is InChI=1S/C15H22O2/c1-10-5-6-12-14(2,3)7-4-8-15(12)11(10)9-17-13(15)16/h11-12H,1,4-9H2,2-3H3/t11-,12+,15-/m0/s1. The maximum Gasteiger partial charge on any atom is 0.313 e.